The fourth-order valence-electron chi connectivity index (χ4n) is 2.70. The Morgan fingerprint density at radius 1 is 0.765 bits per heavy atom. The van der Waals surface area contributed by atoms with Gasteiger partial charge in [0.25, 0.3) is 0 Å². The van der Waals surface area contributed by atoms with Crippen LogP contribution < -0.4 is 0 Å². The molecule has 0 radical (unpaired) electrons. The molecule has 0 bridgehead atoms. The summed E-state index contributed by atoms with van der Waals surface area (Å²) in [6.45, 7) is 9.25. The molecule has 1 heteroatoms. The summed E-state index contributed by atoms with van der Waals surface area (Å²) in [5.74, 6) is 0. The molecule has 0 nitrogen and oxygen atoms in total. The first-order chi connectivity index (χ1) is 8.24. The Balaban J connectivity index is 4.50. The van der Waals surface area contributed by atoms with E-state index < -0.39 is 18.4 Å². The van der Waals surface area contributed by atoms with Crippen molar-refractivity contribution in [1.82, 2.24) is 0 Å². The molecule has 0 fully saturated rings. The standard InChI is InChI=1S/3C4H9.C4H7.Sn/c4*1-3-4-2;/h3*1,3-4H2,2H3;3-4H,1H2,2H3;. The molecule has 0 spiro atoms. The second-order valence-electron chi connectivity index (χ2n) is 5.58. The van der Waals surface area contributed by atoms with Gasteiger partial charge < -0.3 is 0 Å². The quantitative estimate of drug-likeness (QED) is 0.300. The van der Waals surface area contributed by atoms with Gasteiger partial charge in [-0.3, -0.25) is 0 Å². The van der Waals surface area contributed by atoms with E-state index in [0.29, 0.717) is 0 Å². The molecule has 0 aliphatic rings. The number of rotatable bonds is 11. The van der Waals surface area contributed by atoms with E-state index in [1.54, 1.807) is 13.3 Å². The van der Waals surface area contributed by atoms with Gasteiger partial charge in [0, 0.05) is 0 Å². The molecule has 0 aromatic rings. The van der Waals surface area contributed by atoms with E-state index in [0.717, 1.165) is 0 Å². The average Bonchev–Trinajstić information content (AvgIpc) is 2.37. The van der Waals surface area contributed by atoms with Crippen LogP contribution in [0, 0.1) is 0 Å². The molecule has 0 atom stereocenters. The summed E-state index contributed by atoms with van der Waals surface area (Å²) >= 11 is -1.78. The summed E-state index contributed by atoms with van der Waals surface area (Å²) in [7, 11) is 0. The molecule has 0 amide bonds. The minimum absolute atomic E-state index is 1.40. The van der Waals surface area contributed by atoms with E-state index in [1.165, 1.54) is 43.0 Å². The topological polar surface area (TPSA) is 0 Å². The normalized spacial score (nSPS) is 12.5. The summed E-state index contributed by atoms with van der Waals surface area (Å²) in [5, 5.41) is 0. The van der Waals surface area contributed by atoms with Crippen molar-refractivity contribution in [1.29, 1.82) is 0 Å². The predicted molar refractivity (Wildman–Crippen MR) is 84.5 cm³/mol. The Labute approximate surface area is 114 Å². The third-order valence-electron chi connectivity index (χ3n) is 3.97. The van der Waals surface area contributed by atoms with Crippen molar-refractivity contribution in [3.05, 3.63) is 12.2 Å². The van der Waals surface area contributed by atoms with E-state index in [2.05, 4.69) is 39.8 Å². The van der Waals surface area contributed by atoms with Crippen LogP contribution in [0.25, 0.3) is 0 Å². The molecule has 0 aliphatic carbocycles. The second kappa shape index (κ2) is 11.6. The molecular formula is C16H34Sn. The summed E-state index contributed by atoms with van der Waals surface area (Å²) in [4.78, 5) is 0. The zero-order chi connectivity index (χ0) is 13.0. The Morgan fingerprint density at radius 3 is 1.47 bits per heavy atom. The third kappa shape index (κ3) is 8.29. The molecule has 0 unspecified atom stereocenters. The molecule has 0 aliphatic heterocycles. The zero-order valence-electron chi connectivity index (χ0n) is 12.7. The van der Waals surface area contributed by atoms with Gasteiger partial charge in [0.15, 0.2) is 0 Å². The van der Waals surface area contributed by atoms with E-state index in [1.807, 2.05) is 0 Å². The molecule has 0 aromatic heterocycles. The molecular weight excluding hydrogens is 311 g/mol. The molecule has 0 saturated carbocycles. The Hall–Kier alpha value is 0.539. The van der Waals surface area contributed by atoms with Gasteiger partial charge in [-0.2, -0.15) is 0 Å². The number of allylic oxidation sites excluding steroid dienone is 2. The van der Waals surface area contributed by atoms with Crippen LogP contribution in [0.5, 0.6) is 0 Å². The molecule has 17 heavy (non-hydrogen) atoms. The minimum atomic E-state index is -1.78. The van der Waals surface area contributed by atoms with Gasteiger partial charge in [-0.05, 0) is 0 Å². The van der Waals surface area contributed by atoms with Crippen LogP contribution in [0.2, 0.25) is 17.7 Å². The van der Waals surface area contributed by atoms with Crippen molar-refractivity contribution in [2.75, 3.05) is 0 Å². The van der Waals surface area contributed by atoms with Gasteiger partial charge in [0.2, 0.25) is 0 Å². The van der Waals surface area contributed by atoms with Crippen molar-refractivity contribution >= 4 is 18.4 Å². The van der Waals surface area contributed by atoms with E-state index in [9.17, 15) is 0 Å². The van der Waals surface area contributed by atoms with Crippen LogP contribution >= 0.6 is 0 Å². The average molecular weight is 345 g/mol. The van der Waals surface area contributed by atoms with Crippen molar-refractivity contribution in [3.63, 3.8) is 0 Å². The van der Waals surface area contributed by atoms with E-state index in [-0.39, 0.29) is 0 Å². The molecule has 0 rings (SSSR count). The number of hydrogen-bond acceptors (Lipinski definition) is 0. The van der Waals surface area contributed by atoms with Crippen LogP contribution in [0.3, 0.4) is 0 Å². The summed E-state index contributed by atoms with van der Waals surface area (Å²) < 4.78 is 6.46. The fourth-order valence-corrected chi connectivity index (χ4v) is 18.1. The van der Waals surface area contributed by atoms with Gasteiger partial charge >= 0.3 is 114 Å². The maximum absolute atomic E-state index is 2.50. The maximum atomic E-state index is 2.50. The van der Waals surface area contributed by atoms with Crippen molar-refractivity contribution < 1.29 is 0 Å². The van der Waals surface area contributed by atoms with Gasteiger partial charge in [0.1, 0.15) is 0 Å². The molecule has 0 N–H and O–H groups in total. The Kier molecular flexibility index (Phi) is 12.0. The fraction of sp³-hybridized carbons (Fsp3) is 0.875. The van der Waals surface area contributed by atoms with Gasteiger partial charge in [-0.15, -0.1) is 0 Å². The zero-order valence-corrected chi connectivity index (χ0v) is 15.6. The van der Waals surface area contributed by atoms with Gasteiger partial charge in [-0.25, -0.2) is 0 Å². The molecule has 0 saturated heterocycles. The van der Waals surface area contributed by atoms with Crippen molar-refractivity contribution in [3.8, 4) is 0 Å². The number of hydrogen-bond donors (Lipinski definition) is 0. The van der Waals surface area contributed by atoms with Gasteiger partial charge in [-0.1, -0.05) is 0 Å². The van der Waals surface area contributed by atoms with E-state index in [4.69, 9.17) is 0 Å². The second-order valence-corrected chi connectivity index (χ2v) is 19.6. The first-order valence-corrected chi connectivity index (χ1v) is 15.9. The number of unbranched alkanes of at least 4 members (excludes halogenated alkanes) is 3. The molecule has 0 aromatic carbocycles. The molecule has 102 valence electrons. The van der Waals surface area contributed by atoms with Crippen LogP contribution in [0.4, 0.5) is 0 Å². The van der Waals surface area contributed by atoms with Crippen molar-refractivity contribution in [2.24, 2.45) is 0 Å². The van der Waals surface area contributed by atoms with Gasteiger partial charge in [0.05, 0.1) is 0 Å². The summed E-state index contributed by atoms with van der Waals surface area (Å²) in [5.41, 5.74) is 0. The first kappa shape index (κ1) is 17.5. The van der Waals surface area contributed by atoms with Crippen LogP contribution in [0.1, 0.15) is 66.2 Å². The first-order valence-electron chi connectivity index (χ1n) is 7.85. The van der Waals surface area contributed by atoms with Crippen LogP contribution in [-0.2, 0) is 0 Å². The van der Waals surface area contributed by atoms with Crippen LogP contribution in [0.15, 0.2) is 12.2 Å². The van der Waals surface area contributed by atoms with Crippen molar-refractivity contribution in [2.45, 2.75) is 84.0 Å². The summed E-state index contributed by atoms with van der Waals surface area (Å²) in [6, 6.07) is 0. The SMILES string of the molecule is CC=C[CH2][Sn]([CH2]CCC)([CH2]CCC)[CH2]CCC. The monoisotopic (exact) mass is 346 g/mol. The third-order valence-corrected chi connectivity index (χ3v) is 19.2. The Morgan fingerprint density at radius 2 is 1.18 bits per heavy atom. The predicted octanol–water partition coefficient (Wildman–Crippen LogP) is 6.41. The Bertz CT molecular complexity index is 162. The molecule has 0 heterocycles. The van der Waals surface area contributed by atoms with E-state index >= 15 is 0 Å². The van der Waals surface area contributed by atoms with Crippen LogP contribution in [-0.4, -0.2) is 18.4 Å². The summed E-state index contributed by atoms with van der Waals surface area (Å²) in [6.07, 6.45) is 13.5.